The van der Waals surface area contributed by atoms with Crippen molar-refractivity contribution in [1.29, 1.82) is 0 Å². The van der Waals surface area contributed by atoms with Crippen LogP contribution in [-0.2, 0) is 17.9 Å². The summed E-state index contributed by atoms with van der Waals surface area (Å²) < 4.78 is 5.81. The zero-order valence-electron chi connectivity index (χ0n) is 19.4. The van der Waals surface area contributed by atoms with E-state index in [0.29, 0.717) is 31.6 Å². The molecule has 4 rings (SSSR count). The van der Waals surface area contributed by atoms with Gasteiger partial charge >= 0.3 is 5.97 Å². The molecule has 34 heavy (non-hydrogen) atoms. The molecule has 1 aliphatic rings. The summed E-state index contributed by atoms with van der Waals surface area (Å²) in [6.07, 6.45) is 1.31. The Labute approximate surface area is 200 Å². The summed E-state index contributed by atoms with van der Waals surface area (Å²) in [5.74, 6) is -0.285. The number of carbonyl (C=O) groups is 2. The van der Waals surface area contributed by atoms with Crippen LogP contribution in [0.5, 0.6) is 5.75 Å². The number of carboxylic acids is 1. The Bertz CT molecular complexity index is 1110. The Hall–Kier alpha value is -3.80. The largest absolute Gasteiger partial charge is 0.489 e. The molecule has 6 nitrogen and oxygen atoms in total. The summed E-state index contributed by atoms with van der Waals surface area (Å²) in [7, 11) is 1.80. The molecule has 6 heteroatoms. The van der Waals surface area contributed by atoms with E-state index in [-0.39, 0.29) is 11.8 Å². The van der Waals surface area contributed by atoms with Gasteiger partial charge in [0.25, 0.3) is 5.91 Å². The van der Waals surface area contributed by atoms with E-state index in [9.17, 15) is 14.7 Å². The van der Waals surface area contributed by atoms with Crippen LogP contribution in [0.2, 0.25) is 0 Å². The van der Waals surface area contributed by atoms with E-state index in [4.69, 9.17) is 4.74 Å². The quantitative estimate of drug-likeness (QED) is 0.523. The average Bonchev–Trinajstić information content (AvgIpc) is 2.88. The van der Waals surface area contributed by atoms with Crippen molar-refractivity contribution in [2.75, 3.05) is 25.0 Å². The fourth-order valence-electron chi connectivity index (χ4n) is 4.24. The first-order valence-corrected chi connectivity index (χ1v) is 11.6. The lowest BCUT2D eigenvalue weighted by atomic mass is 9.96. The average molecular weight is 459 g/mol. The van der Waals surface area contributed by atoms with Gasteiger partial charge in [0.2, 0.25) is 0 Å². The summed E-state index contributed by atoms with van der Waals surface area (Å²) in [6.45, 7) is 2.44. The highest BCUT2D eigenvalue weighted by Gasteiger charge is 2.24. The van der Waals surface area contributed by atoms with Crippen LogP contribution in [0.1, 0.15) is 34.3 Å². The van der Waals surface area contributed by atoms with Crippen LogP contribution < -0.4 is 9.64 Å². The lowest BCUT2D eigenvalue weighted by Crippen LogP contribution is -2.36. The van der Waals surface area contributed by atoms with Gasteiger partial charge in [0, 0.05) is 37.9 Å². The van der Waals surface area contributed by atoms with Crippen molar-refractivity contribution in [3.05, 3.63) is 95.6 Å². The second kappa shape index (κ2) is 10.9. The lowest BCUT2D eigenvalue weighted by molar-refractivity contribution is -0.142. The van der Waals surface area contributed by atoms with Crippen molar-refractivity contribution < 1.29 is 19.4 Å². The van der Waals surface area contributed by atoms with Crippen molar-refractivity contribution in [3.63, 3.8) is 0 Å². The number of hydrogen-bond acceptors (Lipinski definition) is 4. The molecule has 1 N–H and O–H groups in total. The minimum absolute atomic E-state index is 0.0534. The van der Waals surface area contributed by atoms with E-state index in [1.807, 2.05) is 60.7 Å². The number of ether oxygens (including phenoxy) is 1. The molecule has 0 aliphatic carbocycles. The first kappa shape index (κ1) is 23.4. The van der Waals surface area contributed by atoms with Crippen LogP contribution in [0.25, 0.3) is 0 Å². The Morgan fingerprint density at radius 1 is 0.941 bits per heavy atom. The fourth-order valence-corrected chi connectivity index (χ4v) is 4.24. The number of rotatable bonds is 8. The third-order valence-electron chi connectivity index (χ3n) is 6.24. The third kappa shape index (κ3) is 5.95. The molecule has 1 fully saturated rings. The van der Waals surface area contributed by atoms with Gasteiger partial charge in [0.1, 0.15) is 12.4 Å². The SMILES string of the molecule is CN(Cc1cccc(N2CCC(C(=O)O)CC2)c1)C(=O)c1ccc(OCc2ccccc2)cc1. The van der Waals surface area contributed by atoms with Crippen molar-refractivity contribution in [1.82, 2.24) is 4.90 Å². The summed E-state index contributed by atoms with van der Waals surface area (Å²) in [6, 6.07) is 25.3. The fraction of sp³-hybridized carbons (Fsp3) is 0.286. The zero-order valence-corrected chi connectivity index (χ0v) is 19.4. The Balaban J connectivity index is 1.32. The molecular weight excluding hydrogens is 428 g/mol. The summed E-state index contributed by atoms with van der Waals surface area (Å²) in [5, 5.41) is 9.21. The van der Waals surface area contributed by atoms with E-state index >= 15 is 0 Å². The van der Waals surface area contributed by atoms with Crippen LogP contribution in [0.15, 0.2) is 78.9 Å². The number of anilines is 1. The number of hydrogen-bond donors (Lipinski definition) is 1. The molecule has 1 heterocycles. The highest BCUT2D eigenvalue weighted by Crippen LogP contribution is 2.25. The number of carbonyl (C=O) groups excluding carboxylic acids is 1. The van der Waals surface area contributed by atoms with E-state index in [0.717, 1.165) is 35.7 Å². The number of benzene rings is 3. The Morgan fingerprint density at radius 3 is 2.29 bits per heavy atom. The normalized spacial score (nSPS) is 14.0. The van der Waals surface area contributed by atoms with E-state index in [1.54, 1.807) is 24.1 Å². The standard InChI is InChI=1S/C28H30N2O4/c1-29(19-22-8-5-9-25(18-22)30-16-14-24(15-17-30)28(32)33)27(31)23-10-12-26(13-11-23)34-20-21-6-3-2-4-7-21/h2-13,18,24H,14-17,19-20H2,1H3,(H,32,33). The molecule has 0 radical (unpaired) electrons. The van der Waals surface area contributed by atoms with Crippen LogP contribution in [-0.4, -0.2) is 42.0 Å². The first-order valence-electron chi connectivity index (χ1n) is 11.6. The molecule has 0 aromatic heterocycles. The molecule has 1 aliphatic heterocycles. The van der Waals surface area contributed by atoms with Gasteiger partial charge in [-0.15, -0.1) is 0 Å². The van der Waals surface area contributed by atoms with Gasteiger partial charge in [-0.05, 0) is 60.4 Å². The molecule has 0 unspecified atom stereocenters. The number of amides is 1. The Morgan fingerprint density at radius 2 is 1.62 bits per heavy atom. The van der Waals surface area contributed by atoms with Gasteiger partial charge in [-0.25, -0.2) is 0 Å². The van der Waals surface area contributed by atoms with Crippen molar-refractivity contribution in [2.24, 2.45) is 5.92 Å². The van der Waals surface area contributed by atoms with Crippen LogP contribution in [0, 0.1) is 5.92 Å². The monoisotopic (exact) mass is 458 g/mol. The maximum absolute atomic E-state index is 12.9. The van der Waals surface area contributed by atoms with Gasteiger partial charge in [-0.2, -0.15) is 0 Å². The topological polar surface area (TPSA) is 70.1 Å². The minimum Gasteiger partial charge on any atom is -0.489 e. The van der Waals surface area contributed by atoms with E-state index < -0.39 is 5.97 Å². The van der Waals surface area contributed by atoms with E-state index in [1.165, 1.54) is 0 Å². The molecule has 0 bridgehead atoms. The van der Waals surface area contributed by atoms with Crippen LogP contribution >= 0.6 is 0 Å². The number of aliphatic carboxylic acids is 1. The van der Waals surface area contributed by atoms with Gasteiger partial charge in [-0.3, -0.25) is 9.59 Å². The highest BCUT2D eigenvalue weighted by atomic mass is 16.5. The predicted octanol–water partition coefficient (Wildman–Crippen LogP) is 4.84. The first-order chi connectivity index (χ1) is 16.5. The van der Waals surface area contributed by atoms with E-state index in [2.05, 4.69) is 11.0 Å². The maximum Gasteiger partial charge on any atom is 0.306 e. The number of carboxylic acid groups (broad SMARTS) is 1. The van der Waals surface area contributed by atoms with Crippen molar-refractivity contribution >= 4 is 17.6 Å². The van der Waals surface area contributed by atoms with Gasteiger partial charge < -0.3 is 19.6 Å². The molecule has 0 atom stereocenters. The molecule has 0 spiro atoms. The molecule has 176 valence electrons. The molecule has 1 saturated heterocycles. The van der Waals surface area contributed by atoms with Crippen molar-refractivity contribution in [2.45, 2.75) is 26.0 Å². The number of piperidine rings is 1. The second-order valence-corrected chi connectivity index (χ2v) is 8.73. The van der Waals surface area contributed by atoms with Crippen LogP contribution in [0.4, 0.5) is 5.69 Å². The molecule has 3 aromatic carbocycles. The maximum atomic E-state index is 12.9. The van der Waals surface area contributed by atoms with Gasteiger partial charge in [0.05, 0.1) is 5.92 Å². The molecular formula is C28H30N2O4. The number of nitrogens with zero attached hydrogens (tertiary/aromatic N) is 2. The second-order valence-electron chi connectivity index (χ2n) is 8.73. The van der Waals surface area contributed by atoms with Crippen molar-refractivity contribution in [3.8, 4) is 5.75 Å². The smallest absolute Gasteiger partial charge is 0.306 e. The highest BCUT2D eigenvalue weighted by molar-refractivity contribution is 5.94. The minimum atomic E-state index is -0.704. The van der Waals surface area contributed by atoms with Gasteiger partial charge in [-0.1, -0.05) is 42.5 Å². The zero-order chi connectivity index (χ0) is 23.9. The summed E-state index contributed by atoms with van der Waals surface area (Å²) >= 11 is 0. The summed E-state index contributed by atoms with van der Waals surface area (Å²) in [4.78, 5) is 28.1. The summed E-state index contributed by atoms with van der Waals surface area (Å²) in [5.41, 5.74) is 3.82. The third-order valence-corrected chi connectivity index (χ3v) is 6.24. The van der Waals surface area contributed by atoms with Crippen LogP contribution in [0.3, 0.4) is 0 Å². The van der Waals surface area contributed by atoms with Gasteiger partial charge in [0.15, 0.2) is 0 Å². The Kier molecular flexibility index (Phi) is 7.48. The molecule has 3 aromatic rings. The predicted molar refractivity (Wildman–Crippen MR) is 132 cm³/mol. The lowest BCUT2D eigenvalue weighted by Gasteiger charge is -2.32. The molecule has 0 saturated carbocycles. The molecule has 1 amide bonds.